The van der Waals surface area contributed by atoms with Crippen molar-refractivity contribution in [1.82, 2.24) is 0 Å². The van der Waals surface area contributed by atoms with Crippen molar-refractivity contribution in [3.63, 3.8) is 0 Å². The van der Waals surface area contributed by atoms with E-state index in [1.807, 2.05) is 13.8 Å². The molecule has 0 spiro atoms. The Bertz CT molecular complexity index is 123. The molecule has 1 aliphatic heterocycles. The fourth-order valence-corrected chi connectivity index (χ4v) is 0.822. The SMILES string of the molecule is C#CC(C)C1OC1C. The van der Waals surface area contributed by atoms with Crippen molar-refractivity contribution >= 4 is 0 Å². The van der Waals surface area contributed by atoms with E-state index in [0.717, 1.165) is 0 Å². The van der Waals surface area contributed by atoms with Crippen molar-refractivity contribution < 1.29 is 4.74 Å². The molecule has 0 aromatic carbocycles. The minimum Gasteiger partial charge on any atom is -0.369 e. The standard InChI is InChI=1S/C7H10O/c1-4-5(2)7-6(3)8-7/h1,5-7H,2-3H3. The largest absolute Gasteiger partial charge is 0.369 e. The first kappa shape index (κ1) is 5.65. The van der Waals surface area contributed by atoms with E-state index in [1.54, 1.807) is 0 Å². The van der Waals surface area contributed by atoms with Crippen molar-refractivity contribution in [2.24, 2.45) is 5.92 Å². The highest BCUT2D eigenvalue weighted by atomic mass is 16.6. The van der Waals surface area contributed by atoms with Gasteiger partial charge in [0.1, 0.15) is 0 Å². The summed E-state index contributed by atoms with van der Waals surface area (Å²) in [6, 6.07) is 0. The molecule has 0 aromatic rings. The first-order valence-electron chi connectivity index (χ1n) is 2.87. The highest BCUT2D eigenvalue weighted by molar-refractivity contribution is 5.01. The molecule has 1 aliphatic rings. The van der Waals surface area contributed by atoms with E-state index in [4.69, 9.17) is 11.2 Å². The van der Waals surface area contributed by atoms with Crippen LogP contribution in [0.4, 0.5) is 0 Å². The van der Waals surface area contributed by atoms with Gasteiger partial charge >= 0.3 is 0 Å². The monoisotopic (exact) mass is 110 g/mol. The molecular formula is C7H10O. The first-order valence-corrected chi connectivity index (χ1v) is 2.87. The van der Waals surface area contributed by atoms with Crippen LogP contribution >= 0.6 is 0 Å². The lowest BCUT2D eigenvalue weighted by molar-refractivity contribution is 0.355. The summed E-state index contributed by atoms with van der Waals surface area (Å²) in [5, 5.41) is 0. The van der Waals surface area contributed by atoms with Crippen LogP contribution in [-0.4, -0.2) is 12.2 Å². The third-order valence-electron chi connectivity index (χ3n) is 1.51. The minimum absolute atomic E-state index is 0.296. The second-order valence-electron chi connectivity index (χ2n) is 2.26. The van der Waals surface area contributed by atoms with Crippen LogP contribution in [0.1, 0.15) is 13.8 Å². The van der Waals surface area contributed by atoms with Gasteiger partial charge < -0.3 is 4.74 Å². The first-order chi connectivity index (χ1) is 3.75. The van der Waals surface area contributed by atoms with E-state index < -0.39 is 0 Å². The molecule has 0 N–H and O–H groups in total. The van der Waals surface area contributed by atoms with E-state index in [2.05, 4.69) is 5.92 Å². The van der Waals surface area contributed by atoms with Gasteiger partial charge in [-0.2, -0.15) is 0 Å². The molecule has 1 saturated heterocycles. The summed E-state index contributed by atoms with van der Waals surface area (Å²) in [4.78, 5) is 0. The molecule has 44 valence electrons. The summed E-state index contributed by atoms with van der Waals surface area (Å²) in [7, 11) is 0. The zero-order valence-corrected chi connectivity index (χ0v) is 5.22. The van der Waals surface area contributed by atoms with Crippen LogP contribution in [0, 0.1) is 18.3 Å². The molecule has 0 bridgehead atoms. The molecule has 1 fully saturated rings. The van der Waals surface area contributed by atoms with Crippen LogP contribution in [0.5, 0.6) is 0 Å². The minimum atomic E-state index is 0.296. The quantitative estimate of drug-likeness (QED) is 0.363. The fourth-order valence-electron chi connectivity index (χ4n) is 0.822. The molecule has 1 heterocycles. The second-order valence-corrected chi connectivity index (χ2v) is 2.26. The summed E-state index contributed by atoms with van der Waals surface area (Å²) in [5.41, 5.74) is 0. The number of hydrogen-bond donors (Lipinski definition) is 0. The Morgan fingerprint density at radius 2 is 2.25 bits per heavy atom. The van der Waals surface area contributed by atoms with E-state index >= 15 is 0 Å². The normalized spacial score (nSPS) is 38.1. The zero-order valence-electron chi connectivity index (χ0n) is 5.22. The van der Waals surface area contributed by atoms with Crippen molar-refractivity contribution in [2.45, 2.75) is 26.1 Å². The summed E-state index contributed by atoms with van der Waals surface area (Å²) in [6.07, 6.45) is 5.90. The number of epoxide rings is 1. The second kappa shape index (κ2) is 1.80. The Labute approximate surface area is 50.0 Å². The molecule has 3 unspecified atom stereocenters. The molecule has 8 heavy (non-hydrogen) atoms. The van der Waals surface area contributed by atoms with Crippen LogP contribution in [0.3, 0.4) is 0 Å². The molecule has 3 atom stereocenters. The molecule has 0 saturated carbocycles. The van der Waals surface area contributed by atoms with Crippen molar-refractivity contribution in [2.75, 3.05) is 0 Å². The lowest BCUT2D eigenvalue weighted by Gasteiger charge is -1.92. The predicted octanol–water partition coefficient (Wildman–Crippen LogP) is 1.04. The van der Waals surface area contributed by atoms with Gasteiger partial charge in [-0.25, -0.2) is 0 Å². The van der Waals surface area contributed by atoms with Gasteiger partial charge in [0.2, 0.25) is 0 Å². The van der Waals surface area contributed by atoms with Gasteiger partial charge in [-0.05, 0) is 13.8 Å². The van der Waals surface area contributed by atoms with Crippen LogP contribution in [0.25, 0.3) is 0 Å². The van der Waals surface area contributed by atoms with E-state index in [1.165, 1.54) is 0 Å². The summed E-state index contributed by atoms with van der Waals surface area (Å²) in [6.45, 7) is 4.05. The number of ether oxygens (including phenoxy) is 1. The molecule has 0 aromatic heterocycles. The zero-order chi connectivity index (χ0) is 6.15. The van der Waals surface area contributed by atoms with E-state index in [-0.39, 0.29) is 0 Å². The van der Waals surface area contributed by atoms with Gasteiger partial charge in [0.25, 0.3) is 0 Å². The summed E-state index contributed by atoms with van der Waals surface area (Å²) >= 11 is 0. The lowest BCUT2D eigenvalue weighted by atomic mass is 10.1. The Kier molecular flexibility index (Phi) is 1.27. The number of rotatable bonds is 1. The number of hydrogen-bond acceptors (Lipinski definition) is 1. The Hall–Kier alpha value is -0.480. The Balaban J connectivity index is 2.31. The van der Waals surface area contributed by atoms with E-state index in [0.29, 0.717) is 18.1 Å². The topological polar surface area (TPSA) is 12.5 Å². The molecule has 1 heteroatoms. The highest BCUT2D eigenvalue weighted by Crippen LogP contribution is 2.27. The molecular weight excluding hydrogens is 100 g/mol. The van der Waals surface area contributed by atoms with Crippen LogP contribution in [0.2, 0.25) is 0 Å². The van der Waals surface area contributed by atoms with E-state index in [9.17, 15) is 0 Å². The van der Waals surface area contributed by atoms with Crippen LogP contribution in [-0.2, 0) is 4.74 Å². The Morgan fingerprint density at radius 1 is 1.75 bits per heavy atom. The summed E-state index contributed by atoms with van der Waals surface area (Å²) < 4.78 is 5.13. The van der Waals surface area contributed by atoms with Gasteiger partial charge in [0.15, 0.2) is 0 Å². The van der Waals surface area contributed by atoms with Crippen molar-refractivity contribution in [3.05, 3.63) is 0 Å². The summed E-state index contributed by atoms with van der Waals surface area (Å²) in [5.74, 6) is 2.93. The average Bonchev–Trinajstić information content (AvgIpc) is 2.45. The van der Waals surface area contributed by atoms with Gasteiger partial charge in [-0.1, -0.05) is 0 Å². The third-order valence-corrected chi connectivity index (χ3v) is 1.51. The molecule has 1 rings (SSSR count). The smallest absolute Gasteiger partial charge is 0.0973 e. The molecule has 0 amide bonds. The van der Waals surface area contributed by atoms with Crippen LogP contribution < -0.4 is 0 Å². The van der Waals surface area contributed by atoms with Gasteiger partial charge in [-0.15, -0.1) is 12.3 Å². The lowest BCUT2D eigenvalue weighted by Crippen LogP contribution is -2.01. The van der Waals surface area contributed by atoms with Gasteiger partial charge in [0.05, 0.1) is 12.2 Å². The van der Waals surface area contributed by atoms with Gasteiger partial charge in [-0.3, -0.25) is 0 Å². The highest BCUT2D eigenvalue weighted by Gasteiger charge is 2.37. The van der Waals surface area contributed by atoms with Crippen molar-refractivity contribution in [3.8, 4) is 12.3 Å². The van der Waals surface area contributed by atoms with Gasteiger partial charge in [0, 0.05) is 5.92 Å². The maximum Gasteiger partial charge on any atom is 0.0973 e. The van der Waals surface area contributed by atoms with Crippen molar-refractivity contribution in [1.29, 1.82) is 0 Å². The maximum atomic E-state index is 5.15. The fraction of sp³-hybridized carbons (Fsp3) is 0.714. The number of terminal acetylenes is 1. The molecule has 1 nitrogen and oxygen atoms in total. The van der Waals surface area contributed by atoms with Crippen LogP contribution in [0.15, 0.2) is 0 Å². The molecule has 0 aliphatic carbocycles. The molecule has 0 radical (unpaired) electrons. The predicted molar refractivity (Wildman–Crippen MR) is 32.3 cm³/mol. The Morgan fingerprint density at radius 3 is 2.38 bits per heavy atom. The third kappa shape index (κ3) is 0.850. The maximum absolute atomic E-state index is 5.15. The average molecular weight is 110 g/mol.